The third-order valence-corrected chi connectivity index (χ3v) is 8.34. The lowest BCUT2D eigenvalue weighted by molar-refractivity contribution is -0.137. The zero-order chi connectivity index (χ0) is 24.4. The summed E-state index contributed by atoms with van der Waals surface area (Å²) in [5, 5.41) is 6.14. The summed E-state index contributed by atoms with van der Waals surface area (Å²) in [6, 6.07) is 4.77. The summed E-state index contributed by atoms with van der Waals surface area (Å²) in [4.78, 5) is 25.7. The molecule has 3 heterocycles. The second-order valence-corrected chi connectivity index (χ2v) is 10.9. The average Bonchev–Trinajstić information content (AvgIpc) is 2.84. The van der Waals surface area contributed by atoms with E-state index < -0.39 is 11.7 Å². The van der Waals surface area contributed by atoms with E-state index in [2.05, 4.69) is 42.2 Å². The third-order valence-electron chi connectivity index (χ3n) is 7.40. The molecule has 11 heteroatoms. The lowest BCUT2D eigenvalue weighted by Gasteiger charge is -2.48. The van der Waals surface area contributed by atoms with Gasteiger partial charge in [0.05, 0.1) is 23.7 Å². The van der Waals surface area contributed by atoms with Gasteiger partial charge in [-0.05, 0) is 43.9 Å². The molecule has 190 valence electrons. The number of aromatic nitrogens is 2. The van der Waals surface area contributed by atoms with Crippen LogP contribution in [0.15, 0.2) is 24.5 Å². The van der Waals surface area contributed by atoms with Crippen LogP contribution in [-0.4, -0.2) is 88.0 Å². The van der Waals surface area contributed by atoms with Crippen LogP contribution >= 0.6 is 11.8 Å². The van der Waals surface area contributed by atoms with Gasteiger partial charge < -0.3 is 10.6 Å². The Morgan fingerprint density at radius 3 is 2.40 bits per heavy atom. The van der Waals surface area contributed by atoms with E-state index in [0.717, 1.165) is 31.3 Å². The molecule has 0 spiro atoms. The zero-order valence-electron chi connectivity index (χ0n) is 19.6. The molecular weight excluding hydrogens is 477 g/mol. The minimum atomic E-state index is -4.46. The van der Waals surface area contributed by atoms with Crippen molar-refractivity contribution in [1.29, 1.82) is 0 Å². The number of carbonyl (C=O) groups excluding carboxylic acids is 1. The molecule has 2 aromatic rings. The van der Waals surface area contributed by atoms with Gasteiger partial charge in [0.1, 0.15) is 12.1 Å². The number of hydrogen-bond acceptors (Lipinski definition) is 7. The van der Waals surface area contributed by atoms with Gasteiger partial charge in [0.15, 0.2) is 0 Å². The number of alkyl halides is 3. The first-order valence-electron chi connectivity index (χ1n) is 12.3. The van der Waals surface area contributed by atoms with E-state index in [1.54, 1.807) is 0 Å². The molecule has 0 atom stereocenters. The summed E-state index contributed by atoms with van der Waals surface area (Å²) in [6.45, 7) is 4.10. The number of nitrogens with zero attached hydrogens (tertiary/aromatic N) is 4. The van der Waals surface area contributed by atoms with Crippen LogP contribution in [-0.2, 0) is 11.0 Å². The molecule has 5 rings (SSSR count). The van der Waals surface area contributed by atoms with Crippen molar-refractivity contribution in [3.05, 3.63) is 30.1 Å². The van der Waals surface area contributed by atoms with Crippen molar-refractivity contribution in [2.24, 2.45) is 0 Å². The normalized spacial score (nSPS) is 24.8. The molecular formula is C24H31F3N6OS. The van der Waals surface area contributed by atoms with Crippen molar-refractivity contribution in [3.8, 4) is 0 Å². The number of hydrogen-bond donors (Lipinski definition) is 2. The molecule has 0 bridgehead atoms. The standard InChI is InChI=1S/C24H31F3N6OS/c25-24(26,27)16-1-6-21-20(11-16)23(30-15-29-21)28-12-22(34)31-17-13-33(14-17)19-4-2-18(3-5-19)32-7-9-35-10-8-32/h1,6,11,15,17-19H,2-5,7-10,12-14H2,(H,31,34)(H,28,29,30)/t18-,19+. The molecule has 1 aromatic carbocycles. The van der Waals surface area contributed by atoms with Gasteiger partial charge >= 0.3 is 6.18 Å². The van der Waals surface area contributed by atoms with Crippen LogP contribution < -0.4 is 10.6 Å². The molecule has 3 fully saturated rings. The van der Waals surface area contributed by atoms with E-state index in [4.69, 9.17) is 0 Å². The Bertz CT molecular complexity index is 1030. The first-order chi connectivity index (χ1) is 16.9. The number of fused-ring (bicyclic) bond motifs is 1. The molecule has 3 aliphatic rings. The topological polar surface area (TPSA) is 73.4 Å². The van der Waals surface area contributed by atoms with Crippen molar-refractivity contribution >= 4 is 34.4 Å². The highest BCUT2D eigenvalue weighted by Gasteiger charge is 2.36. The van der Waals surface area contributed by atoms with Gasteiger partial charge in [-0.15, -0.1) is 0 Å². The fraction of sp³-hybridized carbons (Fsp3) is 0.625. The van der Waals surface area contributed by atoms with Crippen molar-refractivity contribution in [2.45, 2.75) is 50.0 Å². The number of rotatable bonds is 6. The third kappa shape index (κ3) is 5.83. The molecule has 1 saturated carbocycles. The van der Waals surface area contributed by atoms with Crippen molar-refractivity contribution in [1.82, 2.24) is 25.1 Å². The highest BCUT2D eigenvalue weighted by Crippen LogP contribution is 2.33. The summed E-state index contributed by atoms with van der Waals surface area (Å²) < 4.78 is 39.3. The van der Waals surface area contributed by atoms with Gasteiger partial charge in [0, 0.05) is 55.2 Å². The first kappa shape index (κ1) is 24.6. The number of amides is 1. The Balaban J connectivity index is 1.06. The van der Waals surface area contributed by atoms with Gasteiger partial charge in [-0.1, -0.05) is 0 Å². The number of anilines is 1. The minimum Gasteiger partial charge on any atom is -0.360 e. The summed E-state index contributed by atoms with van der Waals surface area (Å²) in [5.74, 6) is 2.53. The first-order valence-corrected chi connectivity index (χ1v) is 13.4. The number of halogens is 3. The smallest absolute Gasteiger partial charge is 0.360 e. The Kier molecular flexibility index (Phi) is 7.36. The minimum absolute atomic E-state index is 0.0575. The highest BCUT2D eigenvalue weighted by molar-refractivity contribution is 7.99. The zero-order valence-corrected chi connectivity index (χ0v) is 20.4. The van der Waals surface area contributed by atoms with Crippen molar-refractivity contribution in [2.75, 3.05) is 49.5 Å². The van der Waals surface area contributed by atoms with E-state index in [-0.39, 0.29) is 29.7 Å². The Morgan fingerprint density at radius 2 is 1.71 bits per heavy atom. The molecule has 1 aliphatic carbocycles. The summed E-state index contributed by atoms with van der Waals surface area (Å²) >= 11 is 2.05. The number of benzene rings is 1. The van der Waals surface area contributed by atoms with Gasteiger partial charge in [-0.3, -0.25) is 14.6 Å². The Morgan fingerprint density at radius 1 is 1.03 bits per heavy atom. The van der Waals surface area contributed by atoms with Gasteiger partial charge in [-0.25, -0.2) is 9.97 Å². The maximum Gasteiger partial charge on any atom is 0.416 e. The van der Waals surface area contributed by atoms with Crippen LogP contribution in [0.3, 0.4) is 0 Å². The van der Waals surface area contributed by atoms with Gasteiger partial charge in [-0.2, -0.15) is 24.9 Å². The van der Waals surface area contributed by atoms with Crippen LogP contribution in [0.2, 0.25) is 0 Å². The molecule has 7 nitrogen and oxygen atoms in total. The predicted octanol–water partition coefficient (Wildman–Crippen LogP) is 3.22. The van der Waals surface area contributed by atoms with Crippen molar-refractivity contribution in [3.63, 3.8) is 0 Å². The second kappa shape index (κ2) is 10.5. The highest BCUT2D eigenvalue weighted by atomic mass is 32.2. The quantitative estimate of drug-likeness (QED) is 0.621. The van der Waals surface area contributed by atoms with E-state index in [1.165, 1.54) is 62.7 Å². The molecule has 0 unspecified atom stereocenters. The summed E-state index contributed by atoms with van der Waals surface area (Å²) in [6.07, 6.45) is 1.78. The van der Waals surface area contributed by atoms with Gasteiger partial charge in [0.2, 0.25) is 5.91 Å². The maximum absolute atomic E-state index is 13.1. The lowest BCUT2D eigenvalue weighted by Crippen LogP contribution is -2.63. The number of nitrogens with one attached hydrogen (secondary N) is 2. The van der Waals surface area contributed by atoms with E-state index in [9.17, 15) is 18.0 Å². The van der Waals surface area contributed by atoms with Crippen LogP contribution in [0, 0.1) is 0 Å². The Hall–Kier alpha value is -2.11. The van der Waals surface area contributed by atoms with E-state index in [1.807, 2.05) is 0 Å². The predicted molar refractivity (Wildman–Crippen MR) is 131 cm³/mol. The number of likely N-dealkylation sites (tertiary alicyclic amines) is 1. The molecule has 35 heavy (non-hydrogen) atoms. The average molecular weight is 509 g/mol. The second-order valence-electron chi connectivity index (χ2n) is 9.63. The molecule has 0 radical (unpaired) electrons. The molecule has 2 saturated heterocycles. The summed E-state index contributed by atoms with van der Waals surface area (Å²) in [5.41, 5.74) is -0.384. The molecule has 1 amide bonds. The molecule has 1 aromatic heterocycles. The van der Waals surface area contributed by atoms with Crippen molar-refractivity contribution < 1.29 is 18.0 Å². The Labute approximate surface area is 207 Å². The van der Waals surface area contributed by atoms with Crippen LogP contribution in [0.25, 0.3) is 10.9 Å². The fourth-order valence-corrected chi connectivity index (χ4v) is 6.38. The lowest BCUT2D eigenvalue weighted by atomic mass is 9.87. The number of carbonyl (C=O) groups is 1. The fourth-order valence-electron chi connectivity index (χ4n) is 5.45. The molecule has 2 N–H and O–H groups in total. The van der Waals surface area contributed by atoms with Crippen LogP contribution in [0.4, 0.5) is 19.0 Å². The van der Waals surface area contributed by atoms with Crippen LogP contribution in [0.1, 0.15) is 31.2 Å². The molecule has 2 aliphatic heterocycles. The SMILES string of the molecule is O=C(CNc1ncnc2ccc(C(F)(F)F)cc12)NC1CN([C@H]2CC[C@@H](N3CCSCC3)CC2)C1. The largest absolute Gasteiger partial charge is 0.416 e. The van der Waals surface area contributed by atoms with Crippen LogP contribution in [0.5, 0.6) is 0 Å². The number of thioether (sulfide) groups is 1. The van der Waals surface area contributed by atoms with Gasteiger partial charge in [0.25, 0.3) is 0 Å². The monoisotopic (exact) mass is 508 g/mol. The van der Waals surface area contributed by atoms with E-state index >= 15 is 0 Å². The maximum atomic E-state index is 13.1. The van der Waals surface area contributed by atoms with E-state index in [0.29, 0.717) is 11.6 Å². The summed E-state index contributed by atoms with van der Waals surface area (Å²) in [7, 11) is 0.